The fourth-order valence-electron chi connectivity index (χ4n) is 3.83. The number of hydrogen-bond donors (Lipinski definition) is 2. The summed E-state index contributed by atoms with van der Waals surface area (Å²) < 4.78 is 10.9. The first-order valence-corrected chi connectivity index (χ1v) is 12.2. The molecule has 0 saturated carbocycles. The average Bonchev–Trinajstić information content (AvgIpc) is 3.03. The van der Waals surface area contributed by atoms with E-state index in [1.807, 2.05) is 34.6 Å². The van der Waals surface area contributed by atoms with E-state index in [0.29, 0.717) is 25.4 Å². The van der Waals surface area contributed by atoms with Gasteiger partial charge in [-0.3, -0.25) is 9.59 Å². The maximum atomic E-state index is 12.8. The Morgan fingerprint density at radius 2 is 1.71 bits per heavy atom. The van der Waals surface area contributed by atoms with Gasteiger partial charge in [-0.2, -0.15) is 0 Å². The predicted molar refractivity (Wildman–Crippen MR) is 132 cm³/mol. The van der Waals surface area contributed by atoms with Crippen LogP contribution in [0.4, 0.5) is 0 Å². The highest BCUT2D eigenvalue weighted by molar-refractivity contribution is 5.97. The van der Waals surface area contributed by atoms with E-state index in [0.717, 1.165) is 0 Å². The van der Waals surface area contributed by atoms with Crippen LogP contribution in [-0.4, -0.2) is 66.0 Å². The molecule has 2 unspecified atom stereocenters. The Bertz CT molecular complexity index is 914. The molecular formula is C26H39N3O6. The van der Waals surface area contributed by atoms with Crippen LogP contribution in [0.5, 0.6) is 0 Å². The van der Waals surface area contributed by atoms with Gasteiger partial charge in [-0.05, 0) is 43.9 Å². The Balaban J connectivity index is 2.08. The van der Waals surface area contributed by atoms with Crippen molar-refractivity contribution in [1.29, 1.82) is 0 Å². The van der Waals surface area contributed by atoms with Crippen molar-refractivity contribution in [3.8, 4) is 0 Å². The lowest BCUT2D eigenvalue weighted by molar-refractivity contribution is -0.136. The number of nitrogens with zero attached hydrogens (tertiary/aromatic N) is 1. The molecule has 1 fully saturated rings. The zero-order chi connectivity index (χ0) is 26.3. The summed E-state index contributed by atoms with van der Waals surface area (Å²) in [6.07, 6.45) is -1.33. The second-order valence-corrected chi connectivity index (χ2v) is 10.2. The van der Waals surface area contributed by atoms with Crippen molar-refractivity contribution in [3.63, 3.8) is 0 Å². The molecule has 2 amide bonds. The lowest BCUT2D eigenvalue weighted by Crippen LogP contribution is -2.42. The quantitative estimate of drug-likeness (QED) is 0.457. The highest BCUT2D eigenvalue weighted by Gasteiger charge is 2.39. The Labute approximate surface area is 207 Å². The fourth-order valence-corrected chi connectivity index (χ4v) is 3.83. The van der Waals surface area contributed by atoms with E-state index in [4.69, 9.17) is 15.2 Å². The zero-order valence-electron chi connectivity index (χ0n) is 21.6. The van der Waals surface area contributed by atoms with Crippen LogP contribution < -0.4 is 11.1 Å². The maximum absolute atomic E-state index is 12.8. The summed E-state index contributed by atoms with van der Waals surface area (Å²) in [5, 5.41) is 2.76. The molecule has 9 heteroatoms. The van der Waals surface area contributed by atoms with Gasteiger partial charge in [0, 0.05) is 38.0 Å². The third-order valence-electron chi connectivity index (χ3n) is 5.60. The highest BCUT2D eigenvalue weighted by Crippen LogP contribution is 2.24. The van der Waals surface area contributed by atoms with Crippen LogP contribution in [0.15, 0.2) is 24.3 Å². The number of carbonyl (C=O) groups is 4. The predicted octanol–water partition coefficient (Wildman–Crippen LogP) is 2.52. The minimum absolute atomic E-state index is 0.0206. The number of hydrogen-bond acceptors (Lipinski definition) is 7. The third-order valence-corrected chi connectivity index (χ3v) is 5.60. The van der Waals surface area contributed by atoms with Crippen LogP contribution in [0.1, 0.15) is 75.1 Å². The molecule has 3 N–H and O–H groups in total. The average molecular weight is 490 g/mol. The van der Waals surface area contributed by atoms with Crippen molar-refractivity contribution in [3.05, 3.63) is 35.4 Å². The number of benzene rings is 1. The van der Waals surface area contributed by atoms with E-state index in [9.17, 15) is 19.2 Å². The van der Waals surface area contributed by atoms with Crippen LogP contribution >= 0.6 is 0 Å². The third kappa shape index (κ3) is 8.35. The van der Waals surface area contributed by atoms with Crippen LogP contribution in [0.25, 0.3) is 0 Å². The van der Waals surface area contributed by atoms with Crippen LogP contribution in [-0.2, 0) is 19.1 Å². The van der Waals surface area contributed by atoms with E-state index in [1.165, 1.54) is 24.3 Å². The molecular weight excluding hydrogens is 450 g/mol. The Kier molecular flexibility index (Phi) is 10.2. The van der Waals surface area contributed by atoms with Crippen molar-refractivity contribution in [2.24, 2.45) is 17.6 Å². The number of rotatable bonds is 11. The van der Waals surface area contributed by atoms with Gasteiger partial charge in [-0.15, -0.1) is 0 Å². The van der Waals surface area contributed by atoms with Gasteiger partial charge in [0.25, 0.3) is 11.8 Å². The van der Waals surface area contributed by atoms with Crippen molar-refractivity contribution >= 4 is 23.8 Å². The van der Waals surface area contributed by atoms with Gasteiger partial charge in [0.15, 0.2) is 12.2 Å². The molecule has 194 valence electrons. The first-order chi connectivity index (χ1) is 16.4. The van der Waals surface area contributed by atoms with E-state index in [1.54, 1.807) is 11.8 Å². The van der Waals surface area contributed by atoms with Crippen LogP contribution in [0.3, 0.4) is 0 Å². The molecule has 1 aliphatic rings. The molecule has 9 nitrogen and oxygen atoms in total. The van der Waals surface area contributed by atoms with E-state index < -0.39 is 30.1 Å². The molecule has 35 heavy (non-hydrogen) atoms. The lowest BCUT2D eigenvalue weighted by Gasteiger charge is -2.23. The van der Waals surface area contributed by atoms with E-state index in [-0.39, 0.29) is 41.5 Å². The number of nitrogens with one attached hydrogen (secondary N) is 1. The summed E-state index contributed by atoms with van der Waals surface area (Å²) in [6, 6.07) is 5.47. The molecule has 4 atom stereocenters. The fraction of sp³-hybridized carbons (Fsp3) is 0.615. The number of esters is 2. The Morgan fingerprint density at radius 3 is 2.29 bits per heavy atom. The number of amides is 2. The van der Waals surface area contributed by atoms with Crippen molar-refractivity contribution in [2.75, 3.05) is 13.1 Å². The summed E-state index contributed by atoms with van der Waals surface area (Å²) in [7, 11) is 0. The van der Waals surface area contributed by atoms with Crippen LogP contribution in [0, 0.1) is 11.8 Å². The molecule has 1 saturated heterocycles. The van der Waals surface area contributed by atoms with Gasteiger partial charge in [-0.1, -0.05) is 33.8 Å². The van der Waals surface area contributed by atoms with E-state index in [2.05, 4.69) is 5.32 Å². The van der Waals surface area contributed by atoms with Gasteiger partial charge in [-0.25, -0.2) is 9.59 Å². The maximum Gasteiger partial charge on any atom is 0.338 e. The number of likely N-dealkylation sites (tertiary alicyclic amines) is 1. The Hall–Kier alpha value is -2.94. The van der Waals surface area contributed by atoms with Crippen molar-refractivity contribution < 1.29 is 28.7 Å². The Morgan fingerprint density at radius 1 is 1.09 bits per heavy atom. The van der Waals surface area contributed by atoms with Gasteiger partial charge in [0.2, 0.25) is 0 Å². The second-order valence-electron chi connectivity index (χ2n) is 10.2. The molecule has 0 spiro atoms. The van der Waals surface area contributed by atoms with Gasteiger partial charge < -0.3 is 25.4 Å². The summed E-state index contributed by atoms with van der Waals surface area (Å²) >= 11 is 0. The first-order valence-electron chi connectivity index (χ1n) is 12.2. The number of carbonyl (C=O) groups excluding carboxylic acids is 4. The molecule has 0 aromatic heterocycles. The highest BCUT2D eigenvalue weighted by atomic mass is 16.6. The summed E-state index contributed by atoms with van der Waals surface area (Å²) in [5.74, 6) is -1.53. The minimum Gasteiger partial charge on any atom is -0.449 e. The minimum atomic E-state index is -1.05. The zero-order valence-corrected chi connectivity index (χ0v) is 21.6. The molecule has 2 rings (SSSR count). The molecule has 0 aliphatic carbocycles. The normalized spacial score (nSPS) is 19.6. The molecule has 0 bridgehead atoms. The van der Waals surface area contributed by atoms with Crippen LogP contribution in [0.2, 0.25) is 0 Å². The van der Waals surface area contributed by atoms with Gasteiger partial charge in [0.05, 0.1) is 11.1 Å². The first kappa shape index (κ1) is 28.3. The molecule has 1 aromatic rings. The molecule has 0 radical (unpaired) electrons. The van der Waals surface area contributed by atoms with E-state index >= 15 is 0 Å². The van der Waals surface area contributed by atoms with Crippen molar-refractivity contribution in [1.82, 2.24) is 10.2 Å². The molecule has 1 heterocycles. The largest absolute Gasteiger partial charge is 0.449 e. The monoisotopic (exact) mass is 489 g/mol. The summed E-state index contributed by atoms with van der Waals surface area (Å²) in [6.45, 7) is 12.7. The number of nitrogens with two attached hydrogens (primary N) is 1. The second kappa shape index (κ2) is 12.7. The van der Waals surface area contributed by atoms with Gasteiger partial charge in [0.1, 0.15) is 0 Å². The SMILES string of the molecule is CC(C)CNC(=O)[C@H](CC(C)N)OC(=O)c1cccc(C(=O)O[C@H]2CC(C)N(CC(C)C)C2=O)c1. The number of ether oxygens (including phenoxy) is 2. The van der Waals surface area contributed by atoms with Gasteiger partial charge >= 0.3 is 11.9 Å². The topological polar surface area (TPSA) is 128 Å². The molecule has 1 aliphatic heterocycles. The van der Waals surface area contributed by atoms with Crippen molar-refractivity contribution in [2.45, 2.75) is 78.7 Å². The lowest BCUT2D eigenvalue weighted by atomic mass is 10.1. The standard InChI is InChI=1S/C26H39N3O6/c1-15(2)13-28-23(30)21(10-17(5)27)34-25(32)19-8-7-9-20(12-19)26(33)35-22-11-18(6)29(24(22)31)14-16(3)4/h7-9,12,15-18,21-22H,10-11,13-14,27H2,1-6H3,(H,28,30)/t17?,18?,21-,22-/m0/s1. The molecule has 1 aromatic carbocycles. The summed E-state index contributed by atoms with van der Waals surface area (Å²) in [5.41, 5.74) is 6.05. The summed E-state index contributed by atoms with van der Waals surface area (Å²) in [4.78, 5) is 52.5. The smallest absolute Gasteiger partial charge is 0.338 e.